The Balaban J connectivity index is 2.09. The van der Waals surface area contributed by atoms with Gasteiger partial charge in [-0.3, -0.25) is 0 Å². The SMILES string of the molecule is C/C=N/N(CCOCCO)c1nc2ccccc2s1. The minimum absolute atomic E-state index is 0.0399. The Morgan fingerprint density at radius 3 is 3.00 bits per heavy atom. The number of hydrazone groups is 1. The van der Waals surface area contributed by atoms with Crippen LogP contribution in [0.3, 0.4) is 0 Å². The van der Waals surface area contributed by atoms with Crippen molar-refractivity contribution in [3.8, 4) is 0 Å². The van der Waals surface area contributed by atoms with Crippen LogP contribution in [0, 0.1) is 0 Å². The Morgan fingerprint density at radius 1 is 1.42 bits per heavy atom. The normalized spacial score (nSPS) is 11.5. The van der Waals surface area contributed by atoms with Crippen LogP contribution in [-0.4, -0.2) is 42.7 Å². The predicted octanol–water partition coefficient (Wildman–Crippen LogP) is 2.12. The second-order valence-corrected chi connectivity index (χ2v) is 4.81. The number of thiazole rings is 1. The third-order valence-corrected chi connectivity index (χ3v) is 3.49. The molecule has 0 aliphatic rings. The lowest BCUT2D eigenvalue weighted by atomic mass is 10.3. The number of para-hydroxylation sites is 1. The second-order valence-electron chi connectivity index (χ2n) is 3.80. The van der Waals surface area contributed by atoms with E-state index in [-0.39, 0.29) is 6.61 Å². The van der Waals surface area contributed by atoms with E-state index < -0.39 is 0 Å². The maximum absolute atomic E-state index is 8.67. The summed E-state index contributed by atoms with van der Waals surface area (Å²) in [4.78, 5) is 4.56. The van der Waals surface area contributed by atoms with Crippen LogP contribution in [-0.2, 0) is 4.74 Å². The fourth-order valence-corrected chi connectivity index (χ4v) is 2.58. The van der Waals surface area contributed by atoms with Crippen molar-refractivity contribution in [3.63, 3.8) is 0 Å². The molecule has 0 amide bonds. The molecule has 102 valence electrons. The summed E-state index contributed by atoms with van der Waals surface area (Å²) in [6.07, 6.45) is 1.73. The van der Waals surface area contributed by atoms with Crippen LogP contribution >= 0.6 is 11.3 Å². The van der Waals surface area contributed by atoms with Gasteiger partial charge in [0.15, 0.2) is 0 Å². The van der Waals surface area contributed by atoms with Crippen LogP contribution in [0.15, 0.2) is 29.4 Å². The monoisotopic (exact) mass is 279 g/mol. The number of anilines is 1. The van der Waals surface area contributed by atoms with Crippen LogP contribution < -0.4 is 5.01 Å². The van der Waals surface area contributed by atoms with Crippen molar-refractivity contribution >= 4 is 32.9 Å². The molecule has 1 heterocycles. The summed E-state index contributed by atoms with van der Waals surface area (Å²) in [7, 11) is 0. The van der Waals surface area contributed by atoms with Gasteiger partial charge >= 0.3 is 0 Å². The van der Waals surface area contributed by atoms with E-state index in [1.165, 1.54) is 0 Å². The summed E-state index contributed by atoms with van der Waals surface area (Å²) in [5.41, 5.74) is 0.982. The van der Waals surface area contributed by atoms with Gasteiger partial charge in [-0.1, -0.05) is 23.5 Å². The van der Waals surface area contributed by atoms with E-state index in [4.69, 9.17) is 9.84 Å². The highest BCUT2D eigenvalue weighted by Gasteiger charge is 2.10. The van der Waals surface area contributed by atoms with Crippen LogP contribution in [0.2, 0.25) is 0 Å². The minimum atomic E-state index is 0.0399. The van der Waals surface area contributed by atoms with Crippen LogP contribution in [0.1, 0.15) is 6.92 Å². The molecule has 0 aliphatic carbocycles. The van der Waals surface area contributed by atoms with Crippen LogP contribution in [0.4, 0.5) is 5.13 Å². The first kappa shape index (κ1) is 13.9. The summed E-state index contributed by atoms with van der Waals surface area (Å²) in [6.45, 7) is 3.38. The van der Waals surface area contributed by atoms with Gasteiger partial charge in [-0.25, -0.2) is 9.99 Å². The minimum Gasteiger partial charge on any atom is -0.394 e. The zero-order valence-electron chi connectivity index (χ0n) is 10.8. The lowest BCUT2D eigenvalue weighted by Crippen LogP contribution is -2.22. The zero-order valence-corrected chi connectivity index (χ0v) is 11.6. The number of benzene rings is 1. The zero-order chi connectivity index (χ0) is 13.5. The Labute approximate surface area is 116 Å². The van der Waals surface area contributed by atoms with Crippen molar-refractivity contribution < 1.29 is 9.84 Å². The van der Waals surface area contributed by atoms with Crippen molar-refractivity contribution in [2.45, 2.75) is 6.92 Å². The van der Waals surface area contributed by atoms with Crippen molar-refractivity contribution in [2.75, 3.05) is 31.4 Å². The van der Waals surface area contributed by atoms with E-state index >= 15 is 0 Å². The van der Waals surface area contributed by atoms with Crippen molar-refractivity contribution in [1.82, 2.24) is 4.98 Å². The second kappa shape index (κ2) is 7.18. The lowest BCUT2D eigenvalue weighted by molar-refractivity contribution is 0.0967. The van der Waals surface area contributed by atoms with E-state index in [1.54, 1.807) is 17.6 Å². The first-order valence-corrected chi connectivity index (χ1v) is 6.97. The molecule has 0 radical (unpaired) electrons. The standard InChI is InChI=1S/C13H17N3O2S/c1-2-14-16(7-9-18-10-8-17)13-15-11-5-3-4-6-12(11)19-13/h2-6,17H,7-10H2,1H3/b14-2+. The Morgan fingerprint density at radius 2 is 2.26 bits per heavy atom. The third-order valence-electron chi connectivity index (χ3n) is 2.44. The molecule has 0 saturated carbocycles. The van der Waals surface area contributed by atoms with E-state index in [2.05, 4.69) is 10.1 Å². The van der Waals surface area contributed by atoms with E-state index in [1.807, 2.05) is 36.2 Å². The summed E-state index contributed by atoms with van der Waals surface area (Å²) in [5, 5.41) is 15.6. The van der Waals surface area contributed by atoms with E-state index in [0.29, 0.717) is 19.8 Å². The Bertz CT molecular complexity index is 508. The maximum atomic E-state index is 8.67. The molecule has 0 fully saturated rings. The van der Waals surface area contributed by atoms with Gasteiger partial charge in [0.05, 0.1) is 36.6 Å². The van der Waals surface area contributed by atoms with Gasteiger partial charge in [-0.15, -0.1) is 0 Å². The number of aliphatic hydroxyl groups is 1. The quantitative estimate of drug-likeness (QED) is 0.479. The highest BCUT2D eigenvalue weighted by Crippen LogP contribution is 2.28. The lowest BCUT2D eigenvalue weighted by Gasteiger charge is -2.15. The Kier molecular flexibility index (Phi) is 5.26. The average Bonchev–Trinajstić information content (AvgIpc) is 2.86. The van der Waals surface area contributed by atoms with Gasteiger partial charge in [0.2, 0.25) is 5.13 Å². The van der Waals surface area contributed by atoms with Crippen molar-refractivity contribution in [2.24, 2.45) is 5.10 Å². The molecule has 2 aromatic rings. The molecule has 1 N–H and O–H groups in total. The smallest absolute Gasteiger partial charge is 0.207 e. The molecule has 2 rings (SSSR count). The fourth-order valence-electron chi connectivity index (χ4n) is 1.63. The van der Waals surface area contributed by atoms with Gasteiger partial charge in [0.1, 0.15) is 0 Å². The average molecular weight is 279 g/mol. The molecular formula is C13H17N3O2S. The topological polar surface area (TPSA) is 58.0 Å². The summed E-state index contributed by atoms with van der Waals surface area (Å²) >= 11 is 1.61. The van der Waals surface area contributed by atoms with Crippen molar-refractivity contribution in [3.05, 3.63) is 24.3 Å². The van der Waals surface area contributed by atoms with E-state index in [0.717, 1.165) is 15.3 Å². The Hall–Kier alpha value is -1.50. The molecular weight excluding hydrogens is 262 g/mol. The summed E-state index contributed by atoms with van der Waals surface area (Å²) in [5.74, 6) is 0. The van der Waals surface area contributed by atoms with Gasteiger partial charge in [-0.2, -0.15) is 5.10 Å². The largest absolute Gasteiger partial charge is 0.394 e. The number of fused-ring (bicyclic) bond motifs is 1. The molecule has 0 saturated heterocycles. The number of aromatic nitrogens is 1. The summed E-state index contributed by atoms with van der Waals surface area (Å²) < 4.78 is 6.41. The molecule has 0 unspecified atom stereocenters. The van der Waals surface area contributed by atoms with Crippen LogP contribution in [0.25, 0.3) is 10.2 Å². The maximum Gasteiger partial charge on any atom is 0.207 e. The molecule has 19 heavy (non-hydrogen) atoms. The molecule has 1 aromatic heterocycles. The first-order valence-electron chi connectivity index (χ1n) is 6.15. The number of ether oxygens (including phenoxy) is 1. The van der Waals surface area contributed by atoms with Gasteiger partial charge in [-0.05, 0) is 19.1 Å². The molecule has 0 spiro atoms. The van der Waals surface area contributed by atoms with Crippen molar-refractivity contribution in [1.29, 1.82) is 0 Å². The highest BCUT2D eigenvalue weighted by molar-refractivity contribution is 7.22. The molecule has 6 heteroatoms. The highest BCUT2D eigenvalue weighted by atomic mass is 32.1. The summed E-state index contributed by atoms with van der Waals surface area (Å²) in [6, 6.07) is 8.02. The van der Waals surface area contributed by atoms with Gasteiger partial charge < -0.3 is 9.84 Å². The molecule has 0 bridgehead atoms. The number of aliphatic hydroxyl groups excluding tert-OH is 1. The molecule has 5 nitrogen and oxygen atoms in total. The molecule has 0 atom stereocenters. The number of hydrogen-bond acceptors (Lipinski definition) is 6. The number of nitrogens with zero attached hydrogens (tertiary/aromatic N) is 3. The third kappa shape index (κ3) is 3.73. The fraction of sp³-hybridized carbons (Fsp3) is 0.385. The number of rotatable bonds is 7. The first-order chi connectivity index (χ1) is 9.35. The van der Waals surface area contributed by atoms with Gasteiger partial charge in [0, 0.05) is 6.21 Å². The molecule has 1 aromatic carbocycles. The van der Waals surface area contributed by atoms with Gasteiger partial charge in [0.25, 0.3) is 0 Å². The predicted molar refractivity (Wildman–Crippen MR) is 79.0 cm³/mol. The van der Waals surface area contributed by atoms with E-state index in [9.17, 15) is 0 Å². The number of hydrogen-bond donors (Lipinski definition) is 1. The van der Waals surface area contributed by atoms with Crippen LogP contribution in [0.5, 0.6) is 0 Å². The molecule has 0 aliphatic heterocycles.